The molecule has 24 heavy (non-hydrogen) atoms. The molecule has 0 aliphatic carbocycles. The second kappa shape index (κ2) is 6.49. The van der Waals surface area contributed by atoms with Gasteiger partial charge in [-0.1, -0.05) is 18.2 Å². The van der Waals surface area contributed by atoms with Crippen LogP contribution in [0.5, 0.6) is 5.75 Å². The Bertz CT molecular complexity index is 969. The molecule has 1 aromatic heterocycles. The van der Waals surface area contributed by atoms with Gasteiger partial charge in [-0.05, 0) is 12.1 Å². The molecule has 0 unspecified atom stereocenters. The molecule has 0 bridgehead atoms. The number of aromatic nitrogens is 2. The minimum Gasteiger partial charge on any atom is -0.496 e. The first-order valence-electron chi connectivity index (χ1n) is 7.17. The molecule has 0 saturated carbocycles. The molecule has 0 atom stereocenters. The summed E-state index contributed by atoms with van der Waals surface area (Å²) < 4.78 is 19.3. The van der Waals surface area contributed by atoms with Gasteiger partial charge >= 0.3 is 0 Å². The van der Waals surface area contributed by atoms with Gasteiger partial charge in [0, 0.05) is 11.6 Å². The molecule has 0 spiro atoms. The van der Waals surface area contributed by atoms with Crippen molar-refractivity contribution in [2.24, 2.45) is 0 Å². The summed E-state index contributed by atoms with van der Waals surface area (Å²) in [6.45, 7) is 0. The van der Waals surface area contributed by atoms with Gasteiger partial charge in [0.25, 0.3) is 5.56 Å². The molecule has 2 aromatic carbocycles. The zero-order valence-corrected chi connectivity index (χ0v) is 12.8. The first-order valence-corrected chi connectivity index (χ1v) is 7.17. The molecule has 0 fully saturated rings. The Morgan fingerprint density at radius 3 is 2.92 bits per heavy atom. The van der Waals surface area contributed by atoms with Gasteiger partial charge in [-0.2, -0.15) is 0 Å². The SMILES string of the molecule is COc1ccccc1CC(=O)Nc1cc2c(=O)[nH]cnc2cc1F. The molecular weight excluding hydrogens is 313 g/mol. The molecule has 0 saturated heterocycles. The number of hydrogen-bond donors (Lipinski definition) is 2. The number of carbonyl (C=O) groups is 1. The van der Waals surface area contributed by atoms with Crippen molar-refractivity contribution in [2.75, 3.05) is 12.4 Å². The Kier molecular flexibility index (Phi) is 4.24. The van der Waals surface area contributed by atoms with E-state index in [1.165, 1.54) is 19.5 Å². The highest BCUT2D eigenvalue weighted by atomic mass is 19.1. The highest BCUT2D eigenvalue weighted by molar-refractivity contribution is 5.95. The minimum atomic E-state index is -0.658. The molecule has 3 rings (SSSR count). The summed E-state index contributed by atoms with van der Waals surface area (Å²) in [4.78, 5) is 30.2. The molecule has 0 aliphatic heterocycles. The maximum atomic E-state index is 14.1. The molecule has 2 N–H and O–H groups in total. The third-order valence-corrected chi connectivity index (χ3v) is 3.55. The number of H-pyrrole nitrogens is 1. The predicted molar refractivity (Wildman–Crippen MR) is 87.6 cm³/mol. The lowest BCUT2D eigenvalue weighted by molar-refractivity contribution is -0.115. The minimum absolute atomic E-state index is 0.0187. The van der Waals surface area contributed by atoms with E-state index in [9.17, 15) is 14.0 Å². The fourth-order valence-electron chi connectivity index (χ4n) is 2.40. The van der Waals surface area contributed by atoms with Gasteiger partial charge in [0.2, 0.25) is 5.91 Å². The molecule has 6 nitrogen and oxygen atoms in total. The normalized spacial score (nSPS) is 10.6. The second-order valence-electron chi connectivity index (χ2n) is 5.12. The highest BCUT2D eigenvalue weighted by Gasteiger charge is 2.13. The van der Waals surface area contributed by atoms with Crippen LogP contribution in [0.1, 0.15) is 5.56 Å². The van der Waals surface area contributed by atoms with Crippen molar-refractivity contribution in [3.05, 3.63) is 64.5 Å². The summed E-state index contributed by atoms with van der Waals surface area (Å²) in [7, 11) is 1.51. The number of carbonyl (C=O) groups excluding carboxylic acids is 1. The number of fused-ring (bicyclic) bond motifs is 1. The highest BCUT2D eigenvalue weighted by Crippen LogP contribution is 2.21. The Hall–Kier alpha value is -3.22. The molecule has 1 amide bonds. The molecule has 1 heterocycles. The zero-order chi connectivity index (χ0) is 17.1. The number of anilines is 1. The maximum Gasteiger partial charge on any atom is 0.258 e. The van der Waals surface area contributed by atoms with Crippen LogP contribution >= 0.6 is 0 Å². The van der Waals surface area contributed by atoms with Crippen LogP contribution in [-0.2, 0) is 11.2 Å². The van der Waals surface area contributed by atoms with Crippen LogP contribution in [0.4, 0.5) is 10.1 Å². The summed E-state index contributed by atoms with van der Waals surface area (Å²) in [6, 6.07) is 9.46. The first kappa shape index (κ1) is 15.7. The van der Waals surface area contributed by atoms with Gasteiger partial charge in [0.05, 0.1) is 36.4 Å². The average Bonchev–Trinajstić information content (AvgIpc) is 2.57. The van der Waals surface area contributed by atoms with Crippen LogP contribution in [0.2, 0.25) is 0 Å². The fourth-order valence-corrected chi connectivity index (χ4v) is 2.40. The van der Waals surface area contributed by atoms with Gasteiger partial charge in [0.15, 0.2) is 0 Å². The molecule has 7 heteroatoms. The second-order valence-corrected chi connectivity index (χ2v) is 5.12. The summed E-state index contributed by atoms with van der Waals surface area (Å²) in [5.41, 5.74) is 0.429. The Morgan fingerprint density at radius 2 is 2.12 bits per heavy atom. The van der Waals surface area contributed by atoms with E-state index < -0.39 is 17.3 Å². The van der Waals surface area contributed by atoms with Crippen LogP contribution in [0.25, 0.3) is 10.9 Å². The van der Waals surface area contributed by atoms with E-state index in [0.29, 0.717) is 11.3 Å². The summed E-state index contributed by atoms with van der Waals surface area (Å²) >= 11 is 0. The number of ether oxygens (including phenoxy) is 1. The van der Waals surface area contributed by atoms with Gasteiger partial charge < -0.3 is 15.0 Å². The van der Waals surface area contributed by atoms with Gasteiger partial charge in [0.1, 0.15) is 11.6 Å². The van der Waals surface area contributed by atoms with E-state index in [2.05, 4.69) is 15.3 Å². The predicted octanol–water partition coefficient (Wildman–Crippen LogP) is 2.25. The maximum absolute atomic E-state index is 14.1. The topological polar surface area (TPSA) is 84.1 Å². The lowest BCUT2D eigenvalue weighted by Gasteiger charge is -2.10. The summed E-state index contributed by atoms with van der Waals surface area (Å²) in [6.07, 6.45) is 1.22. The molecule has 0 radical (unpaired) electrons. The number of methoxy groups -OCH3 is 1. The summed E-state index contributed by atoms with van der Waals surface area (Å²) in [5, 5.41) is 2.68. The number of para-hydroxylation sites is 1. The van der Waals surface area contributed by atoms with E-state index in [1.807, 2.05) is 0 Å². The van der Waals surface area contributed by atoms with Crippen LogP contribution in [0, 0.1) is 5.82 Å². The monoisotopic (exact) mass is 327 g/mol. The molecule has 122 valence electrons. The first-order chi connectivity index (χ1) is 11.6. The number of rotatable bonds is 4. The van der Waals surface area contributed by atoms with E-state index >= 15 is 0 Å². The number of aromatic amines is 1. The summed E-state index contributed by atoms with van der Waals surface area (Å²) in [5.74, 6) is -0.501. The Balaban J connectivity index is 1.86. The van der Waals surface area contributed by atoms with Crippen molar-refractivity contribution in [3.8, 4) is 5.75 Å². The van der Waals surface area contributed by atoms with E-state index in [1.54, 1.807) is 24.3 Å². The van der Waals surface area contributed by atoms with Crippen LogP contribution < -0.4 is 15.6 Å². The zero-order valence-electron chi connectivity index (χ0n) is 12.8. The van der Waals surface area contributed by atoms with Crippen molar-refractivity contribution in [1.29, 1.82) is 0 Å². The van der Waals surface area contributed by atoms with Crippen molar-refractivity contribution in [1.82, 2.24) is 9.97 Å². The van der Waals surface area contributed by atoms with Gasteiger partial charge in [-0.15, -0.1) is 0 Å². The van der Waals surface area contributed by atoms with Crippen molar-refractivity contribution in [2.45, 2.75) is 6.42 Å². The van der Waals surface area contributed by atoms with Crippen molar-refractivity contribution in [3.63, 3.8) is 0 Å². The molecule has 3 aromatic rings. The standard InChI is InChI=1S/C17H14FN3O3/c1-24-15-5-3-2-4-10(15)6-16(22)21-14-7-11-13(8-12(14)18)19-9-20-17(11)23/h2-5,7-9H,6H2,1H3,(H,21,22)(H,19,20,23). The lowest BCUT2D eigenvalue weighted by atomic mass is 10.1. The van der Waals surface area contributed by atoms with Crippen LogP contribution in [0.15, 0.2) is 47.5 Å². The third-order valence-electron chi connectivity index (χ3n) is 3.55. The molecule has 0 aliphatic rings. The van der Waals surface area contributed by atoms with Crippen LogP contribution in [0.3, 0.4) is 0 Å². The molecular formula is C17H14FN3O3. The Morgan fingerprint density at radius 1 is 1.33 bits per heavy atom. The largest absolute Gasteiger partial charge is 0.496 e. The van der Waals surface area contributed by atoms with Gasteiger partial charge in [-0.3, -0.25) is 9.59 Å². The average molecular weight is 327 g/mol. The number of halogens is 1. The Labute approximate surface area is 136 Å². The number of amides is 1. The van der Waals surface area contributed by atoms with E-state index in [4.69, 9.17) is 4.74 Å². The number of nitrogens with one attached hydrogen (secondary N) is 2. The smallest absolute Gasteiger partial charge is 0.258 e. The number of benzene rings is 2. The van der Waals surface area contributed by atoms with E-state index in [0.717, 1.165) is 6.07 Å². The quantitative estimate of drug-likeness (QED) is 0.770. The third kappa shape index (κ3) is 3.10. The number of hydrogen-bond acceptors (Lipinski definition) is 4. The van der Waals surface area contributed by atoms with Crippen LogP contribution in [-0.4, -0.2) is 23.0 Å². The van der Waals surface area contributed by atoms with Crippen molar-refractivity contribution < 1.29 is 13.9 Å². The van der Waals surface area contributed by atoms with Crippen molar-refractivity contribution >= 4 is 22.5 Å². The lowest BCUT2D eigenvalue weighted by Crippen LogP contribution is -2.16. The van der Waals surface area contributed by atoms with E-state index in [-0.39, 0.29) is 23.0 Å². The number of nitrogens with zero attached hydrogens (tertiary/aromatic N) is 1. The van der Waals surface area contributed by atoms with Gasteiger partial charge in [-0.25, -0.2) is 9.37 Å². The fraction of sp³-hybridized carbons (Fsp3) is 0.118.